The van der Waals surface area contributed by atoms with Crippen molar-refractivity contribution in [2.45, 2.75) is 6.61 Å². The number of hydrogen-bond donors (Lipinski definition) is 1. The fourth-order valence-electron chi connectivity index (χ4n) is 2.95. The first-order chi connectivity index (χ1) is 15.5. The highest BCUT2D eigenvalue weighted by atomic mass is 127. The molecule has 1 N–H and O–H groups in total. The number of carbonyl (C=O) groups excluding carboxylic acids is 1. The molecule has 0 bridgehead atoms. The highest BCUT2D eigenvalue weighted by Gasteiger charge is 2.24. The Morgan fingerprint density at radius 2 is 1.88 bits per heavy atom. The molecule has 8 heteroatoms. The van der Waals surface area contributed by atoms with E-state index in [4.69, 9.17) is 9.47 Å². The number of aliphatic imine (C=N–C) groups is 1. The average molecular weight is 560 g/mol. The Morgan fingerprint density at radius 1 is 1.12 bits per heavy atom. The van der Waals surface area contributed by atoms with Crippen LogP contribution in [-0.4, -0.2) is 18.2 Å². The zero-order valence-electron chi connectivity index (χ0n) is 17.0. The molecule has 0 aliphatic carbocycles. The van der Waals surface area contributed by atoms with Crippen molar-refractivity contribution in [1.29, 1.82) is 0 Å². The molecule has 32 heavy (non-hydrogen) atoms. The minimum absolute atomic E-state index is 0.199. The van der Waals surface area contributed by atoms with Crippen LogP contribution >= 0.6 is 34.4 Å². The van der Waals surface area contributed by atoms with Gasteiger partial charge in [-0.3, -0.25) is 4.79 Å². The Hall–Kier alpha value is -2.85. The second-order valence-electron chi connectivity index (χ2n) is 6.77. The van der Waals surface area contributed by atoms with E-state index in [9.17, 15) is 9.18 Å². The van der Waals surface area contributed by atoms with Crippen molar-refractivity contribution in [2.24, 2.45) is 4.99 Å². The van der Waals surface area contributed by atoms with Crippen LogP contribution in [0.15, 0.2) is 76.6 Å². The second-order valence-corrected chi connectivity index (χ2v) is 8.96. The van der Waals surface area contributed by atoms with Crippen molar-refractivity contribution >= 4 is 57.2 Å². The maximum Gasteiger partial charge on any atom is 0.264 e. The Bertz CT molecular complexity index is 1200. The van der Waals surface area contributed by atoms with E-state index < -0.39 is 0 Å². The lowest BCUT2D eigenvalue weighted by atomic mass is 10.2. The first-order valence-corrected chi connectivity index (χ1v) is 11.5. The van der Waals surface area contributed by atoms with Crippen LogP contribution in [0.5, 0.6) is 11.5 Å². The monoisotopic (exact) mass is 560 g/mol. The number of ether oxygens (including phenoxy) is 2. The summed E-state index contributed by atoms with van der Waals surface area (Å²) in [6.07, 6.45) is 1.79. The highest BCUT2D eigenvalue weighted by Crippen LogP contribution is 2.36. The third-order valence-corrected chi connectivity index (χ3v) is 6.19. The molecule has 1 saturated heterocycles. The largest absolute Gasteiger partial charge is 0.493 e. The van der Waals surface area contributed by atoms with E-state index in [1.165, 1.54) is 23.9 Å². The van der Waals surface area contributed by atoms with Gasteiger partial charge in [0.05, 0.1) is 21.3 Å². The van der Waals surface area contributed by atoms with Crippen LogP contribution in [0.1, 0.15) is 11.1 Å². The van der Waals surface area contributed by atoms with Crippen LogP contribution < -0.4 is 14.8 Å². The Labute approximate surface area is 202 Å². The molecule has 3 aromatic carbocycles. The molecule has 162 valence electrons. The maximum absolute atomic E-state index is 13.1. The summed E-state index contributed by atoms with van der Waals surface area (Å²) in [4.78, 5) is 17.4. The van der Waals surface area contributed by atoms with Gasteiger partial charge in [0.25, 0.3) is 5.91 Å². The Balaban J connectivity index is 1.53. The summed E-state index contributed by atoms with van der Waals surface area (Å²) in [6, 6.07) is 19.3. The normalized spacial score (nSPS) is 15.8. The van der Waals surface area contributed by atoms with Crippen LogP contribution in [0.2, 0.25) is 0 Å². The Morgan fingerprint density at radius 3 is 2.59 bits per heavy atom. The predicted octanol–water partition coefficient (Wildman–Crippen LogP) is 5.91. The minimum Gasteiger partial charge on any atom is -0.493 e. The van der Waals surface area contributed by atoms with E-state index in [1.54, 1.807) is 25.3 Å². The number of rotatable bonds is 6. The van der Waals surface area contributed by atoms with E-state index in [-0.39, 0.29) is 18.3 Å². The summed E-state index contributed by atoms with van der Waals surface area (Å²) < 4.78 is 25.4. The maximum atomic E-state index is 13.1. The number of amides is 1. The summed E-state index contributed by atoms with van der Waals surface area (Å²) >= 11 is 3.45. The summed E-state index contributed by atoms with van der Waals surface area (Å²) in [7, 11) is 1.56. The smallest absolute Gasteiger partial charge is 0.264 e. The lowest BCUT2D eigenvalue weighted by Crippen LogP contribution is -2.19. The average Bonchev–Trinajstić information content (AvgIpc) is 3.12. The second kappa shape index (κ2) is 10.2. The van der Waals surface area contributed by atoms with E-state index in [2.05, 4.69) is 32.9 Å². The molecule has 1 aliphatic rings. The van der Waals surface area contributed by atoms with Crippen molar-refractivity contribution in [3.63, 3.8) is 0 Å². The number of hydrogen-bond acceptors (Lipinski definition) is 5. The molecule has 1 amide bonds. The molecule has 0 saturated carbocycles. The third-order valence-electron chi connectivity index (χ3n) is 4.48. The molecule has 0 spiro atoms. The van der Waals surface area contributed by atoms with Gasteiger partial charge in [0.15, 0.2) is 16.7 Å². The fourth-order valence-corrected chi connectivity index (χ4v) is 4.57. The molecule has 1 heterocycles. The summed E-state index contributed by atoms with van der Waals surface area (Å²) in [5.74, 6) is 0.654. The molecule has 0 radical (unpaired) electrons. The third kappa shape index (κ3) is 5.49. The van der Waals surface area contributed by atoms with Crippen LogP contribution in [0, 0.1) is 9.39 Å². The Kier molecular flexibility index (Phi) is 7.11. The number of halogens is 2. The quantitative estimate of drug-likeness (QED) is 0.301. The summed E-state index contributed by atoms with van der Waals surface area (Å²) in [5, 5.41) is 3.33. The van der Waals surface area contributed by atoms with Crippen molar-refractivity contribution < 1.29 is 18.7 Å². The summed E-state index contributed by atoms with van der Waals surface area (Å²) in [5.41, 5.74) is 2.43. The molecular weight excluding hydrogens is 542 g/mol. The van der Waals surface area contributed by atoms with E-state index in [0.29, 0.717) is 21.6 Å². The van der Waals surface area contributed by atoms with Gasteiger partial charge in [0.1, 0.15) is 12.4 Å². The summed E-state index contributed by atoms with van der Waals surface area (Å²) in [6.45, 7) is 0.282. The van der Waals surface area contributed by atoms with Gasteiger partial charge in [-0.25, -0.2) is 9.38 Å². The van der Waals surface area contributed by atoms with E-state index in [1.807, 2.05) is 42.5 Å². The zero-order chi connectivity index (χ0) is 22.5. The van der Waals surface area contributed by atoms with Gasteiger partial charge in [-0.2, -0.15) is 0 Å². The molecular formula is C24H18FIN2O3S. The van der Waals surface area contributed by atoms with Crippen LogP contribution in [0.4, 0.5) is 10.1 Å². The van der Waals surface area contributed by atoms with Gasteiger partial charge in [0.2, 0.25) is 0 Å². The molecule has 0 atom stereocenters. The first-order valence-electron chi connectivity index (χ1n) is 9.61. The standard InChI is InChI=1S/C24H18FIN2O3S/c1-30-20-12-16(11-19(26)22(20)31-14-15-7-9-17(25)10-8-15)13-21-23(29)28-24(32-21)27-18-5-3-2-4-6-18/h2-13H,14H2,1H3,(H,27,28,29)/b21-13-. The van der Waals surface area contributed by atoms with Gasteiger partial charge in [-0.1, -0.05) is 30.3 Å². The number of methoxy groups -OCH3 is 1. The van der Waals surface area contributed by atoms with Crippen molar-refractivity contribution in [3.8, 4) is 11.5 Å². The number of benzene rings is 3. The number of thioether (sulfide) groups is 1. The number of para-hydroxylation sites is 1. The van der Waals surface area contributed by atoms with Crippen LogP contribution in [0.25, 0.3) is 6.08 Å². The van der Waals surface area contributed by atoms with Gasteiger partial charge in [-0.05, 0) is 88.0 Å². The molecule has 4 rings (SSSR count). The van der Waals surface area contributed by atoms with Crippen molar-refractivity contribution in [2.75, 3.05) is 7.11 Å². The molecule has 1 aliphatic heterocycles. The van der Waals surface area contributed by atoms with Crippen LogP contribution in [-0.2, 0) is 11.4 Å². The molecule has 0 aromatic heterocycles. The SMILES string of the molecule is COc1cc(/C=C2\SC(=Nc3ccccc3)NC2=O)cc(I)c1OCc1ccc(F)cc1. The van der Waals surface area contributed by atoms with Crippen LogP contribution in [0.3, 0.4) is 0 Å². The van der Waals surface area contributed by atoms with Gasteiger partial charge >= 0.3 is 0 Å². The number of carbonyl (C=O) groups is 1. The lowest BCUT2D eigenvalue weighted by molar-refractivity contribution is -0.115. The van der Waals surface area contributed by atoms with E-state index in [0.717, 1.165) is 20.4 Å². The lowest BCUT2D eigenvalue weighted by Gasteiger charge is -2.14. The first kappa shape index (κ1) is 22.3. The predicted molar refractivity (Wildman–Crippen MR) is 134 cm³/mol. The molecule has 0 unspecified atom stereocenters. The van der Waals surface area contributed by atoms with Crippen molar-refractivity contribution in [3.05, 3.63) is 92.1 Å². The van der Waals surface area contributed by atoms with E-state index >= 15 is 0 Å². The highest BCUT2D eigenvalue weighted by molar-refractivity contribution is 14.1. The number of nitrogens with zero attached hydrogens (tertiary/aromatic N) is 1. The number of nitrogens with one attached hydrogen (secondary N) is 1. The van der Waals surface area contributed by atoms with Gasteiger partial charge in [-0.15, -0.1) is 0 Å². The number of amidine groups is 1. The fraction of sp³-hybridized carbons (Fsp3) is 0.0833. The van der Waals surface area contributed by atoms with Crippen molar-refractivity contribution in [1.82, 2.24) is 5.32 Å². The van der Waals surface area contributed by atoms with Gasteiger partial charge < -0.3 is 14.8 Å². The molecule has 1 fully saturated rings. The molecule has 5 nitrogen and oxygen atoms in total. The molecule has 3 aromatic rings. The van der Waals surface area contributed by atoms with Gasteiger partial charge in [0, 0.05) is 0 Å². The topological polar surface area (TPSA) is 59.9 Å². The zero-order valence-corrected chi connectivity index (χ0v) is 19.9. The minimum atomic E-state index is -0.288.